The number of hydrogen-bond donors (Lipinski definition) is 4. The molecule has 2 fully saturated rings. The molecular weight excluding hydrogens is 497 g/mol. The zero-order valence-corrected chi connectivity index (χ0v) is 21.5. The minimum absolute atomic E-state index is 0.198. The van der Waals surface area contributed by atoms with Gasteiger partial charge >= 0.3 is 6.18 Å². The number of nitrogens with zero attached hydrogens (tertiary/aromatic N) is 2. The number of aromatic nitrogens is 1. The molecule has 2 aliphatic heterocycles. The van der Waals surface area contributed by atoms with E-state index in [-0.39, 0.29) is 28.9 Å². The van der Waals surface area contributed by atoms with E-state index in [1.165, 1.54) is 38.5 Å². The molecular formula is C27H35F3N6O2. The normalized spacial score (nSPS) is 21.2. The fourth-order valence-electron chi connectivity index (χ4n) is 4.95. The molecule has 4 rings (SSSR count). The zero-order valence-electron chi connectivity index (χ0n) is 21.5. The molecule has 3 aliphatic rings. The van der Waals surface area contributed by atoms with E-state index < -0.39 is 17.8 Å². The highest BCUT2D eigenvalue weighted by atomic mass is 19.4. The lowest BCUT2D eigenvalue weighted by Gasteiger charge is -2.33. The number of carbonyl (C=O) groups is 1. The predicted molar refractivity (Wildman–Crippen MR) is 138 cm³/mol. The summed E-state index contributed by atoms with van der Waals surface area (Å²) < 4.78 is 44.3. The molecule has 0 atom stereocenters. The Morgan fingerprint density at radius 3 is 2.63 bits per heavy atom. The first-order valence-electron chi connectivity index (χ1n) is 13.0. The van der Waals surface area contributed by atoms with Gasteiger partial charge in [0.25, 0.3) is 5.91 Å². The lowest BCUT2D eigenvalue weighted by atomic mass is 9.94. The highest BCUT2D eigenvalue weighted by molar-refractivity contribution is 6.10. The maximum Gasteiger partial charge on any atom is 0.433 e. The van der Waals surface area contributed by atoms with Crippen molar-refractivity contribution < 1.29 is 22.7 Å². The van der Waals surface area contributed by atoms with Gasteiger partial charge in [0.15, 0.2) is 0 Å². The van der Waals surface area contributed by atoms with Gasteiger partial charge in [-0.25, -0.2) is 4.98 Å². The van der Waals surface area contributed by atoms with Crippen molar-refractivity contribution >= 4 is 11.6 Å². The third-order valence-corrected chi connectivity index (χ3v) is 7.27. The second kappa shape index (κ2) is 12.6. The van der Waals surface area contributed by atoms with Gasteiger partial charge in [0.2, 0.25) is 0 Å². The molecule has 11 heteroatoms. The third-order valence-electron chi connectivity index (χ3n) is 7.27. The summed E-state index contributed by atoms with van der Waals surface area (Å²) in [5.74, 6) is 0.252. The Labute approximate surface area is 220 Å². The van der Waals surface area contributed by atoms with Crippen LogP contribution in [0.3, 0.4) is 0 Å². The topological polar surface area (TPSA) is 102 Å². The maximum atomic E-state index is 13.0. The van der Waals surface area contributed by atoms with Crippen molar-refractivity contribution in [2.75, 3.05) is 39.8 Å². The number of methoxy groups -OCH3 is 1. The summed E-state index contributed by atoms with van der Waals surface area (Å²) in [6, 6.07) is 3.43. The van der Waals surface area contributed by atoms with Crippen molar-refractivity contribution in [2.45, 2.75) is 44.3 Å². The van der Waals surface area contributed by atoms with Crippen molar-refractivity contribution in [3.05, 3.63) is 65.0 Å². The summed E-state index contributed by atoms with van der Waals surface area (Å²) in [6.07, 6.45) is 5.93. The SMILES string of the molecule is COC1=CC(=N)/C(=C\NC2CCN(CCC3CCNCC3)CC2)C=C1NC(=O)c1cccc(C(F)(F)F)n1. The molecule has 0 aromatic carbocycles. The van der Waals surface area contributed by atoms with Crippen LogP contribution in [0, 0.1) is 11.3 Å². The van der Waals surface area contributed by atoms with E-state index in [2.05, 4.69) is 25.8 Å². The summed E-state index contributed by atoms with van der Waals surface area (Å²) >= 11 is 0. The van der Waals surface area contributed by atoms with Gasteiger partial charge in [0.1, 0.15) is 17.1 Å². The Morgan fingerprint density at radius 2 is 1.95 bits per heavy atom. The fourth-order valence-corrected chi connectivity index (χ4v) is 4.95. The summed E-state index contributed by atoms with van der Waals surface area (Å²) in [5, 5.41) is 17.7. The largest absolute Gasteiger partial charge is 0.494 e. The van der Waals surface area contributed by atoms with Gasteiger partial charge in [-0.1, -0.05) is 6.07 Å². The highest BCUT2D eigenvalue weighted by Gasteiger charge is 2.33. The molecule has 3 heterocycles. The zero-order chi connectivity index (χ0) is 27.1. The number of pyridine rings is 1. The number of likely N-dealkylation sites (tertiary alicyclic amines) is 1. The van der Waals surface area contributed by atoms with Crippen molar-refractivity contribution in [1.82, 2.24) is 25.8 Å². The summed E-state index contributed by atoms with van der Waals surface area (Å²) in [5.41, 5.74) is -0.537. The number of ether oxygens (including phenoxy) is 1. The highest BCUT2D eigenvalue weighted by Crippen LogP contribution is 2.27. The molecule has 0 spiro atoms. The van der Waals surface area contributed by atoms with E-state index in [1.807, 2.05) is 0 Å². The minimum atomic E-state index is -4.65. The number of alkyl halides is 3. The van der Waals surface area contributed by atoms with E-state index >= 15 is 0 Å². The molecule has 4 N–H and O–H groups in total. The van der Waals surface area contributed by atoms with E-state index in [4.69, 9.17) is 10.1 Å². The number of allylic oxidation sites excluding steroid dienone is 3. The first kappa shape index (κ1) is 27.8. The van der Waals surface area contributed by atoms with Crippen LogP contribution in [0.2, 0.25) is 0 Å². The molecule has 1 amide bonds. The lowest BCUT2D eigenvalue weighted by molar-refractivity contribution is -0.141. The number of carbonyl (C=O) groups excluding carboxylic acids is 1. The predicted octanol–water partition coefficient (Wildman–Crippen LogP) is 3.61. The Balaban J connectivity index is 1.34. The fraction of sp³-hybridized carbons (Fsp3) is 0.519. The van der Waals surface area contributed by atoms with Crippen LogP contribution >= 0.6 is 0 Å². The van der Waals surface area contributed by atoms with Crippen LogP contribution in [0.4, 0.5) is 13.2 Å². The molecule has 8 nitrogen and oxygen atoms in total. The van der Waals surface area contributed by atoms with Crippen LogP contribution in [-0.2, 0) is 10.9 Å². The quantitative estimate of drug-likeness (QED) is 0.408. The van der Waals surface area contributed by atoms with Crippen molar-refractivity contribution in [1.29, 1.82) is 5.41 Å². The van der Waals surface area contributed by atoms with Gasteiger partial charge in [-0.2, -0.15) is 13.2 Å². The molecule has 2 saturated heterocycles. The van der Waals surface area contributed by atoms with E-state index in [0.29, 0.717) is 5.57 Å². The number of halogens is 3. The Morgan fingerprint density at radius 1 is 1.21 bits per heavy atom. The van der Waals surface area contributed by atoms with Crippen LogP contribution in [0.1, 0.15) is 48.3 Å². The van der Waals surface area contributed by atoms with Gasteiger partial charge in [-0.3, -0.25) is 4.79 Å². The van der Waals surface area contributed by atoms with Crippen molar-refractivity contribution in [3.8, 4) is 0 Å². The van der Waals surface area contributed by atoms with E-state index in [9.17, 15) is 18.0 Å². The summed E-state index contributed by atoms with van der Waals surface area (Å²) in [4.78, 5) is 18.6. The Bertz CT molecular complexity index is 1100. The molecule has 0 saturated carbocycles. The lowest BCUT2D eigenvalue weighted by Crippen LogP contribution is -2.42. The number of amides is 1. The molecule has 1 aromatic heterocycles. The molecule has 38 heavy (non-hydrogen) atoms. The van der Waals surface area contributed by atoms with Crippen LogP contribution in [0.5, 0.6) is 0 Å². The molecule has 0 radical (unpaired) electrons. The van der Waals surface area contributed by atoms with E-state index in [0.717, 1.165) is 63.6 Å². The van der Waals surface area contributed by atoms with E-state index in [1.54, 1.807) is 12.3 Å². The van der Waals surface area contributed by atoms with Gasteiger partial charge < -0.3 is 31.0 Å². The first-order valence-corrected chi connectivity index (χ1v) is 13.0. The molecule has 206 valence electrons. The second-order valence-electron chi connectivity index (χ2n) is 9.91. The van der Waals surface area contributed by atoms with Gasteiger partial charge in [-0.05, 0) is 75.9 Å². The molecule has 1 aliphatic carbocycles. The molecule has 1 aromatic rings. The van der Waals surface area contributed by atoms with Crippen LogP contribution in [0.15, 0.2) is 53.6 Å². The minimum Gasteiger partial charge on any atom is -0.494 e. The van der Waals surface area contributed by atoms with Crippen molar-refractivity contribution in [3.63, 3.8) is 0 Å². The van der Waals surface area contributed by atoms with Crippen LogP contribution in [-0.4, -0.2) is 67.4 Å². The average Bonchev–Trinajstić information content (AvgIpc) is 2.92. The standard InChI is InChI=1S/C27H35F3N6O2/c1-38-24-16-21(31)19(15-23(24)35-26(37)22-3-2-4-25(34-22)27(28,29)30)17-33-20-8-13-36(14-9-20)12-7-18-5-10-32-11-6-18/h2-4,15-18,20,31-33H,5-14H2,1H3,(H,35,37)/b19-17-,31-21?. The van der Waals surface area contributed by atoms with Crippen LogP contribution in [0.25, 0.3) is 0 Å². The van der Waals surface area contributed by atoms with Gasteiger partial charge in [0.05, 0.1) is 18.5 Å². The summed E-state index contributed by atoms with van der Waals surface area (Å²) in [6.45, 7) is 5.45. The van der Waals surface area contributed by atoms with Crippen molar-refractivity contribution in [2.24, 2.45) is 5.92 Å². The second-order valence-corrected chi connectivity index (χ2v) is 9.91. The first-order chi connectivity index (χ1) is 18.2. The van der Waals surface area contributed by atoms with Crippen LogP contribution < -0.4 is 16.0 Å². The average molecular weight is 533 g/mol. The number of nitrogens with one attached hydrogen (secondary N) is 4. The smallest absolute Gasteiger partial charge is 0.433 e. The maximum absolute atomic E-state index is 13.0. The monoisotopic (exact) mass is 532 g/mol. The third kappa shape index (κ3) is 7.44. The Kier molecular flexibility index (Phi) is 9.22. The van der Waals surface area contributed by atoms with Gasteiger partial charge in [-0.15, -0.1) is 0 Å². The molecule has 0 unspecified atom stereocenters. The number of piperidine rings is 2. The number of rotatable bonds is 8. The number of hydrogen-bond acceptors (Lipinski definition) is 7. The van der Waals surface area contributed by atoms with Gasteiger partial charge in [0, 0.05) is 37.0 Å². The summed E-state index contributed by atoms with van der Waals surface area (Å²) in [7, 11) is 1.40. The molecule has 0 bridgehead atoms. The Hall–Kier alpha value is -3.18.